The predicted molar refractivity (Wildman–Crippen MR) is 105 cm³/mol. The zero-order valence-corrected chi connectivity index (χ0v) is 15.5. The lowest BCUT2D eigenvalue weighted by Gasteiger charge is -2.10. The second kappa shape index (κ2) is 7.90. The fraction of sp³-hybridized carbons (Fsp3) is 0.0909. The van der Waals surface area contributed by atoms with E-state index in [2.05, 4.69) is 20.3 Å². The zero-order chi connectivity index (χ0) is 21.1. The fourth-order valence-corrected chi connectivity index (χ4v) is 2.96. The van der Waals surface area contributed by atoms with Crippen molar-refractivity contribution in [3.8, 4) is 11.1 Å². The highest BCUT2D eigenvalue weighted by molar-refractivity contribution is 5.96. The van der Waals surface area contributed by atoms with Crippen LogP contribution in [0, 0.1) is 0 Å². The summed E-state index contributed by atoms with van der Waals surface area (Å²) in [4.78, 5) is 25.2. The number of rotatable bonds is 4. The Balaban J connectivity index is 1.64. The molecule has 2 aromatic heterocycles. The quantitative estimate of drug-likeness (QED) is 0.534. The van der Waals surface area contributed by atoms with Crippen LogP contribution in [0.3, 0.4) is 0 Å². The van der Waals surface area contributed by atoms with Crippen LogP contribution in [0.5, 0.6) is 0 Å². The Morgan fingerprint density at radius 3 is 2.37 bits per heavy atom. The second-order valence-corrected chi connectivity index (χ2v) is 6.55. The molecule has 0 atom stereocenters. The molecule has 8 heteroatoms. The lowest BCUT2D eigenvalue weighted by Crippen LogP contribution is -2.24. The molecule has 0 unspecified atom stereocenters. The number of benzene rings is 2. The molecule has 2 heterocycles. The molecule has 0 bridgehead atoms. The van der Waals surface area contributed by atoms with Crippen LogP contribution in [-0.4, -0.2) is 20.9 Å². The van der Waals surface area contributed by atoms with Gasteiger partial charge in [0.2, 0.25) is 0 Å². The summed E-state index contributed by atoms with van der Waals surface area (Å²) < 4.78 is 38.5. The highest BCUT2D eigenvalue weighted by atomic mass is 19.4. The standard InChI is InChI=1S/C22H15F3N4O/c23-22(24,25)16-8-6-15(7-9-16)17-11-26-12-18-20(17)29-19(13-27-18)21(30)28-10-14-4-2-1-3-5-14/h1-9,11-13H,10H2,(H,28,30). The van der Waals surface area contributed by atoms with E-state index in [1.165, 1.54) is 30.7 Å². The van der Waals surface area contributed by atoms with Crippen LogP contribution in [0.25, 0.3) is 22.2 Å². The van der Waals surface area contributed by atoms with Crippen molar-refractivity contribution in [1.82, 2.24) is 20.3 Å². The first-order valence-corrected chi connectivity index (χ1v) is 9.02. The van der Waals surface area contributed by atoms with Crippen LogP contribution in [0.15, 0.2) is 73.2 Å². The molecule has 0 spiro atoms. The lowest BCUT2D eigenvalue weighted by molar-refractivity contribution is -0.137. The molecule has 1 N–H and O–H groups in total. The highest BCUT2D eigenvalue weighted by Crippen LogP contribution is 2.32. The summed E-state index contributed by atoms with van der Waals surface area (Å²) in [6.07, 6.45) is -0.0902. The summed E-state index contributed by atoms with van der Waals surface area (Å²) in [5.74, 6) is -0.400. The van der Waals surface area contributed by atoms with Gasteiger partial charge in [-0.15, -0.1) is 0 Å². The van der Waals surface area contributed by atoms with Gasteiger partial charge in [0.15, 0.2) is 0 Å². The van der Waals surface area contributed by atoms with Crippen molar-refractivity contribution in [3.63, 3.8) is 0 Å². The van der Waals surface area contributed by atoms with E-state index in [9.17, 15) is 18.0 Å². The maximum atomic E-state index is 12.8. The van der Waals surface area contributed by atoms with Crippen molar-refractivity contribution in [2.24, 2.45) is 0 Å². The van der Waals surface area contributed by atoms with Gasteiger partial charge in [0, 0.05) is 18.3 Å². The van der Waals surface area contributed by atoms with E-state index in [4.69, 9.17) is 0 Å². The first kappa shape index (κ1) is 19.5. The van der Waals surface area contributed by atoms with Gasteiger partial charge < -0.3 is 5.32 Å². The highest BCUT2D eigenvalue weighted by Gasteiger charge is 2.30. The van der Waals surface area contributed by atoms with Crippen molar-refractivity contribution in [2.45, 2.75) is 12.7 Å². The predicted octanol–water partition coefficient (Wildman–Crippen LogP) is 4.64. The number of nitrogens with one attached hydrogen (secondary N) is 1. The number of hydrogen-bond acceptors (Lipinski definition) is 4. The molecule has 0 saturated heterocycles. The van der Waals surface area contributed by atoms with Gasteiger partial charge in [0.1, 0.15) is 16.7 Å². The Morgan fingerprint density at radius 2 is 1.67 bits per heavy atom. The molecule has 5 nitrogen and oxygen atoms in total. The first-order valence-electron chi connectivity index (χ1n) is 9.02. The van der Waals surface area contributed by atoms with Crippen molar-refractivity contribution in [1.29, 1.82) is 0 Å². The molecule has 30 heavy (non-hydrogen) atoms. The maximum Gasteiger partial charge on any atom is 0.416 e. The third-order valence-corrected chi connectivity index (χ3v) is 4.51. The van der Waals surface area contributed by atoms with Gasteiger partial charge in [-0.1, -0.05) is 42.5 Å². The van der Waals surface area contributed by atoms with Crippen LogP contribution >= 0.6 is 0 Å². The largest absolute Gasteiger partial charge is 0.416 e. The average Bonchev–Trinajstić information content (AvgIpc) is 2.77. The summed E-state index contributed by atoms with van der Waals surface area (Å²) in [6.45, 7) is 0.335. The third-order valence-electron chi connectivity index (χ3n) is 4.51. The Labute approximate surface area is 169 Å². The molecule has 0 radical (unpaired) electrons. The number of aromatic nitrogens is 3. The molecule has 4 aromatic rings. The molecule has 2 aromatic carbocycles. The summed E-state index contributed by atoms with van der Waals surface area (Å²) in [7, 11) is 0. The molecular formula is C22H15F3N4O. The minimum Gasteiger partial charge on any atom is -0.347 e. The van der Waals surface area contributed by atoms with E-state index >= 15 is 0 Å². The van der Waals surface area contributed by atoms with Crippen molar-refractivity contribution in [3.05, 3.63) is 90.0 Å². The SMILES string of the molecule is O=C(NCc1ccccc1)c1cnc2cncc(-c3ccc(C(F)(F)F)cc3)c2n1. The number of alkyl halides is 3. The van der Waals surface area contributed by atoms with Crippen LogP contribution in [0.2, 0.25) is 0 Å². The number of pyridine rings is 1. The van der Waals surface area contributed by atoms with Gasteiger partial charge in [-0.2, -0.15) is 13.2 Å². The second-order valence-electron chi connectivity index (χ2n) is 6.55. The minimum absolute atomic E-state index is 0.109. The van der Waals surface area contributed by atoms with Gasteiger partial charge in [-0.3, -0.25) is 14.8 Å². The van der Waals surface area contributed by atoms with E-state index in [1.807, 2.05) is 30.3 Å². The van der Waals surface area contributed by atoms with E-state index < -0.39 is 17.6 Å². The van der Waals surface area contributed by atoms with Gasteiger partial charge in [0.05, 0.1) is 18.0 Å². The van der Waals surface area contributed by atoms with Crippen LogP contribution in [0.1, 0.15) is 21.6 Å². The zero-order valence-electron chi connectivity index (χ0n) is 15.5. The Kier molecular flexibility index (Phi) is 5.14. The maximum absolute atomic E-state index is 12.8. The van der Waals surface area contributed by atoms with Crippen LogP contribution in [-0.2, 0) is 12.7 Å². The Morgan fingerprint density at radius 1 is 0.933 bits per heavy atom. The van der Waals surface area contributed by atoms with E-state index in [0.29, 0.717) is 28.7 Å². The number of amides is 1. The van der Waals surface area contributed by atoms with Crippen molar-refractivity contribution in [2.75, 3.05) is 0 Å². The van der Waals surface area contributed by atoms with Gasteiger partial charge in [-0.25, -0.2) is 4.98 Å². The average molecular weight is 408 g/mol. The summed E-state index contributed by atoms with van der Waals surface area (Å²) >= 11 is 0. The van der Waals surface area contributed by atoms with E-state index in [1.54, 1.807) is 0 Å². The summed E-state index contributed by atoms with van der Waals surface area (Å²) in [5.41, 5.74) is 2.12. The van der Waals surface area contributed by atoms with Crippen molar-refractivity contribution >= 4 is 16.9 Å². The topological polar surface area (TPSA) is 67.8 Å². The van der Waals surface area contributed by atoms with Gasteiger partial charge in [-0.05, 0) is 23.3 Å². The molecule has 0 aliphatic carbocycles. The molecular weight excluding hydrogens is 393 g/mol. The number of nitrogens with zero attached hydrogens (tertiary/aromatic N) is 3. The molecule has 4 rings (SSSR count). The van der Waals surface area contributed by atoms with E-state index in [-0.39, 0.29) is 5.69 Å². The van der Waals surface area contributed by atoms with E-state index in [0.717, 1.165) is 17.7 Å². The lowest BCUT2D eigenvalue weighted by atomic mass is 10.0. The number of halogens is 3. The van der Waals surface area contributed by atoms with Gasteiger partial charge >= 0.3 is 6.18 Å². The molecule has 0 saturated carbocycles. The van der Waals surface area contributed by atoms with Crippen molar-refractivity contribution < 1.29 is 18.0 Å². The van der Waals surface area contributed by atoms with Gasteiger partial charge in [0.25, 0.3) is 5.91 Å². The molecule has 0 aliphatic heterocycles. The smallest absolute Gasteiger partial charge is 0.347 e. The Hall–Kier alpha value is -3.81. The minimum atomic E-state index is -4.42. The van der Waals surface area contributed by atoms with Crippen LogP contribution < -0.4 is 5.32 Å². The monoisotopic (exact) mass is 408 g/mol. The summed E-state index contributed by atoms with van der Waals surface area (Å²) in [6, 6.07) is 14.1. The molecule has 0 fully saturated rings. The third kappa shape index (κ3) is 4.12. The Bertz CT molecular complexity index is 1190. The number of carbonyl (C=O) groups excluding carboxylic acids is 1. The molecule has 150 valence electrons. The number of fused-ring (bicyclic) bond motifs is 1. The fourth-order valence-electron chi connectivity index (χ4n) is 2.96. The summed E-state index contributed by atoms with van der Waals surface area (Å²) in [5, 5.41) is 2.78. The van der Waals surface area contributed by atoms with Crippen LogP contribution in [0.4, 0.5) is 13.2 Å². The number of carbonyl (C=O) groups is 1. The molecule has 0 aliphatic rings. The number of hydrogen-bond donors (Lipinski definition) is 1. The normalized spacial score (nSPS) is 11.4. The first-order chi connectivity index (χ1) is 14.4. The molecule has 1 amide bonds.